The molecule has 2 aromatic heterocycles. The molecule has 7 nitrogen and oxygen atoms in total. The standard InChI is InChI=1S/C22H24N4O3S/c1-2-24-9-11-25(12-10-24)21(28)18-7-4-3-6-17(18)16-26-13-15-30-22(26)23-20(27)19-8-5-14-29-19/h3-8,13-15H,2,9-12,16H2,1H3. The van der Waals surface area contributed by atoms with Crippen molar-refractivity contribution in [3.8, 4) is 0 Å². The van der Waals surface area contributed by atoms with Crippen LogP contribution >= 0.6 is 11.3 Å². The van der Waals surface area contributed by atoms with Crippen LogP contribution in [0.1, 0.15) is 33.4 Å². The molecular weight excluding hydrogens is 400 g/mol. The Hall–Kier alpha value is -2.97. The molecule has 0 N–H and O–H groups in total. The van der Waals surface area contributed by atoms with Gasteiger partial charge in [0, 0.05) is 43.3 Å². The molecule has 2 amide bonds. The number of benzene rings is 1. The highest BCUT2D eigenvalue weighted by Gasteiger charge is 2.23. The van der Waals surface area contributed by atoms with Gasteiger partial charge in [0.2, 0.25) is 0 Å². The summed E-state index contributed by atoms with van der Waals surface area (Å²) >= 11 is 1.37. The number of likely N-dealkylation sites (N-methyl/N-ethyl adjacent to an activating group) is 1. The van der Waals surface area contributed by atoms with E-state index in [2.05, 4.69) is 16.8 Å². The van der Waals surface area contributed by atoms with Crippen molar-refractivity contribution in [2.75, 3.05) is 32.7 Å². The number of nitrogens with zero attached hydrogens (tertiary/aromatic N) is 4. The van der Waals surface area contributed by atoms with Gasteiger partial charge in [-0.2, -0.15) is 4.99 Å². The highest BCUT2D eigenvalue weighted by Crippen LogP contribution is 2.15. The van der Waals surface area contributed by atoms with Gasteiger partial charge in [0.15, 0.2) is 10.6 Å². The highest BCUT2D eigenvalue weighted by atomic mass is 32.1. The van der Waals surface area contributed by atoms with E-state index in [4.69, 9.17) is 4.42 Å². The first kappa shape index (κ1) is 20.3. The van der Waals surface area contributed by atoms with E-state index >= 15 is 0 Å². The Morgan fingerprint density at radius 3 is 2.63 bits per heavy atom. The predicted octanol–water partition coefficient (Wildman–Crippen LogP) is 2.71. The Morgan fingerprint density at radius 1 is 1.10 bits per heavy atom. The summed E-state index contributed by atoms with van der Waals surface area (Å²) in [5, 5.41) is 1.88. The third kappa shape index (κ3) is 4.44. The zero-order valence-corrected chi connectivity index (χ0v) is 17.7. The molecule has 4 rings (SSSR count). The number of thiazole rings is 1. The second-order valence-electron chi connectivity index (χ2n) is 7.09. The van der Waals surface area contributed by atoms with Crippen molar-refractivity contribution < 1.29 is 14.0 Å². The summed E-state index contributed by atoms with van der Waals surface area (Å²) in [5.74, 6) is -0.159. The molecule has 3 aromatic rings. The average molecular weight is 425 g/mol. The van der Waals surface area contributed by atoms with Crippen molar-refractivity contribution in [3.63, 3.8) is 0 Å². The lowest BCUT2D eigenvalue weighted by Gasteiger charge is -2.34. The van der Waals surface area contributed by atoms with Crippen LogP contribution in [0.5, 0.6) is 0 Å². The molecule has 0 saturated carbocycles. The van der Waals surface area contributed by atoms with Crippen LogP contribution in [0.4, 0.5) is 0 Å². The number of hydrogen-bond acceptors (Lipinski definition) is 5. The first-order chi connectivity index (χ1) is 14.7. The van der Waals surface area contributed by atoms with Crippen LogP contribution in [0.3, 0.4) is 0 Å². The van der Waals surface area contributed by atoms with E-state index in [0.717, 1.165) is 38.3 Å². The zero-order chi connectivity index (χ0) is 20.9. The van der Waals surface area contributed by atoms with E-state index in [0.29, 0.717) is 16.9 Å². The number of amides is 2. The molecule has 0 atom stereocenters. The Balaban J connectivity index is 1.55. The largest absolute Gasteiger partial charge is 0.459 e. The first-order valence-electron chi connectivity index (χ1n) is 10.0. The Bertz CT molecular complexity index is 1080. The second-order valence-corrected chi connectivity index (χ2v) is 7.96. The summed E-state index contributed by atoms with van der Waals surface area (Å²) in [4.78, 5) is 34.5. The molecule has 156 valence electrons. The number of hydrogen-bond donors (Lipinski definition) is 0. The summed E-state index contributed by atoms with van der Waals surface area (Å²) in [6.07, 6.45) is 3.33. The summed E-state index contributed by atoms with van der Waals surface area (Å²) in [6, 6.07) is 10.9. The molecule has 1 fully saturated rings. The fraction of sp³-hybridized carbons (Fsp3) is 0.318. The maximum absolute atomic E-state index is 13.2. The number of aromatic nitrogens is 1. The van der Waals surface area contributed by atoms with Gasteiger partial charge in [-0.05, 0) is 30.3 Å². The third-order valence-electron chi connectivity index (χ3n) is 5.28. The van der Waals surface area contributed by atoms with Gasteiger partial charge in [-0.1, -0.05) is 25.1 Å². The minimum absolute atomic E-state index is 0.0577. The van der Waals surface area contributed by atoms with Crippen molar-refractivity contribution in [3.05, 3.63) is 75.9 Å². The lowest BCUT2D eigenvalue weighted by molar-refractivity contribution is 0.0642. The molecule has 3 heterocycles. The first-order valence-corrected chi connectivity index (χ1v) is 10.9. The quantitative estimate of drug-likeness (QED) is 0.631. The molecule has 0 aliphatic carbocycles. The zero-order valence-electron chi connectivity index (χ0n) is 16.9. The number of carbonyl (C=O) groups excluding carboxylic acids is 2. The lowest BCUT2D eigenvalue weighted by Crippen LogP contribution is -2.48. The summed E-state index contributed by atoms with van der Waals surface area (Å²) < 4.78 is 7.02. The normalized spacial score (nSPS) is 15.5. The van der Waals surface area contributed by atoms with Crippen LogP contribution in [-0.4, -0.2) is 58.9 Å². The van der Waals surface area contributed by atoms with E-state index in [1.807, 2.05) is 45.3 Å². The molecule has 1 aliphatic rings. The van der Waals surface area contributed by atoms with Crippen LogP contribution in [0.15, 0.2) is 63.6 Å². The fourth-order valence-corrected chi connectivity index (χ4v) is 4.26. The summed E-state index contributed by atoms with van der Waals surface area (Å²) in [7, 11) is 0. The number of rotatable bonds is 5. The van der Waals surface area contributed by atoms with E-state index < -0.39 is 5.91 Å². The van der Waals surface area contributed by atoms with Gasteiger partial charge in [-0.3, -0.25) is 9.59 Å². The van der Waals surface area contributed by atoms with Crippen molar-refractivity contribution in [2.45, 2.75) is 13.5 Å². The number of furan rings is 1. The fourth-order valence-electron chi connectivity index (χ4n) is 3.54. The second kappa shape index (κ2) is 9.23. The van der Waals surface area contributed by atoms with Gasteiger partial charge in [0.1, 0.15) is 0 Å². The minimum atomic E-state index is -0.422. The van der Waals surface area contributed by atoms with Crippen LogP contribution in [-0.2, 0) is 6.54 Å². The highest BCUT2D eigenvalue weighted by molar-refractivity contribution is 7.07. The van der Waals surface area contributed by atoms with Gasteiger partial charge in [0.25, 0.3) is 5.91 Å². The summed E-state index contributed by atoms with van der Waals surface area (Å²) in [5.41, 5.74) is 1.61. The van der Waals surface area contributed by atoms with E-state index in [1.54, 1.807) is 12.1 Å². The van der Waals surface area contributed by atoms with Gasteiger partial charge < -0.3 is 18.8 Å². The molecule has 1 aromatic carbocycles. The molecule has 0 spiro atoms. The van der Waals surface area contributed by atoms with Gasteiger partial charge >= 0.3 is 5.91 Å². The minimum Gasteiger partial charge on any atom is -0.459 e. The van der Waals surface area contributed by atoms with Gasteiger partial charge in [0.05, 0.1) is 12.8 Å². The van der Waals surface area contributed by atoms with E-state index in [9.17, 15) is 9.59 Å². The summed E-state index contributed by atoms with van der Waals surface area (Å²) in [6.45, 7) is 6.91. The number of carbonyl (C=O) groups is 2. The Labute approximate surface area is 178 Å². The molecule has 0 bridgehead atoms. The molecular formula is C22H24N4O3S. The third-order valence-corrected chi connectivity index (χ3v) is 6.08. The van der Waals surface area contributed by atoms with Gasteiger partial charge in [-0.15, -0.1) is 11.3 Å². The lowest BCUT2D eigenvalue weighted by atomic mass is 10.1. The van der Waals surface area contributed by atoms with Crippen LogP contribution in [0.2, 0.25) is 0 Å². The smallest absolute Gasteiger partial charge is 0.315 e. The maximum atomic E-state index is 13.2. The number of piperazine rings is 1. The van der Waals surface area contributed by atoms with Crippen LogP contribution in [0.25, 0.3) is 0 Å². The van der Waals surface area contributed by atoms with Crippen molar-refractivity contribution >= 4 is 23.2 Å². The van der Waals surface area contributed by atoms with Crippen molar-refractivity contribution in [2.24, 2.45) is 4.99 Å². The molecule has 1 saturated heterocycles. The van der Waals surface area contributed by atoms with Crippen molar-refractivity contribution in [1.82, 2.24) is 14.4 Å². The van der Waals surface area contributed by atoms with Crippen LogP contribution < -0.4 is 4.80 Å². The average Bonchev–Trinajstić information content (AvgIpc) is 3.46. The topological polar surface area (TPSA) is 71.1 Å². The molecule has 8 heteroatoms. The maximum Gasteiger partial charge on any atom is 0.315 e. The van der Waals surface area contributed by atoms with E-state index in [-0.39, 0.29) is 11.7 Å². The molecule has 0 unspecified atom stereocenters. The van der Waals surface area contributed by atoms with E-state index in [1.165, 1.54) is 17.6 Å². The van der Waals surface area contributed by atoms with Crippen molar-refractivity contribution in [1.29, 1.82) is 0 Å². The predicted molar refractivity (Wildman–Crippen MR) is 114 cm³/mol. The molecule has 30 heavy (non-hydrogen) atoms. The Kier molecular flexibility index (Phi) is 6.25. The van der Waals surface area contributed by atoms with Gasteiger partial charge in [-0.25, -0.2) is 0 Å². The monoisotopic (exact) mass is 424 g/mol. The SMILES string of the molecule is CCN1CCN(C(=O)c2ccccc2Cn2ccsc2=NC(=O)c2ccco2)CC1. The molecule has 1 aliphatic heterocycles. The van der Waals surface area contributed by atoms with Crippen LogP contribution in [0, 0.1) is 0 Å². The Morgan fingerprint density at radius 2 is 1.90 bits per heavy atom. The molecule has 0 radical (unpaired) electrons.